The van der Waals surface area contributed by atoms with E-state index in [1.54, 1.807) is 13.0 Å². The van der Waals surface area contributed by atoms with Crippen molar-refractivity contribution in [3.05, 3.63) is 89.3 Å². The number of carbonyl (C=O) groups excluding carboxylic acids is 1. The van der Waals surface area contributed by atoms with Gasteiger partial charge in [0.2, 0.25) is 5.76 Å². The zero-order valence-electron chi connectivity index (χ0n) is 15.7. The summed E-state index contributed by atoms with van der Waals surface area (Å²) in [6, 6.07) is 17.1. The van der Waals surface area contributed by atoms with Crippen molar-refractivity contribution in [2.24, 2.45) is 0 Å². The van der Waals surface area contributed by atoms with Crippen LogP contribution in [0.5, 0.6) is 0 Å². The topological polar surface area (TPSA) is 64.4 Å². The van der Waals surface area contributed by atoms with Gasteiger partial charge in [-0.3, -0.25) is 5.32 Å². The van der Waals surface area contributed by atoms with E-state index in [0.29, 0.717) is 11.4 Å². The van der Waals surface area contributed by atoms with Crippen LogP contribution in [0.25, 0.3) is 6.08 Å². The van der Waals surface area contributed by atoms with Gasteiger partial charge in [0.1, 0.15) is 17.5 Å². The number of carbonyl (C=O) groups is 1. The first-order chi connectivity index (χ1) is 13.6. The van der Waals surface area contributed by atoms with E-state index < -0.39 is 6.09 Å². The predicted molar refractivity (Wildman–Crippen MR) is 109 cm³/mol. The number of benzene rings is 2. The van der Waals surface area contributed by atoms with E-state index in [-0.39, 0.29) is 11.9 Å². The summed E-state index contributed by atoms with van der Waals surface area (Å²) in [7, 11) is 0. The average molecular weight is 372 g/mol. The fraction of sp³-hybridized carbons (Fsp3) is 0.130. The van der Waals surface area contributed by atoms with Gasteiger partial charge in [0, 0.05) is 5.56 Å². The normalized spacial score (nSPS) is 11.1. The van der Waals surface area contributed by atoms with Gasteiger partial charge in [0.05, 0.1) is 0 Å². The predicted octanol–water partition coefficient (Wildman–Crippen LogP) is 5.34. The summed E-state index contributed by atoms with van der Waals surface area (Å²) < 4.78 is 10.7. The first kappa shape index (κ1) is 19.0. The quantitative estimate of drug-likeness (QED) is 0.628. The molecule has 1 atom stereocenters. The molecule has 5 heteroatoms. The zero-order valence-corrected chi connectivity index (χ0v) is 15.7. The number of amides is 1. The lowest BCUT2D eigenvalue weighted by Crippen LogP contribution is -2.16. The minimum absolute atomic E-state index is 0.273. The van der Waals surface area contributed by atoms with E-state index in [0.717, 1.165) is 16.7 Å². The number of aromatic nitrogens is 1. The highest BCUT2D eigenvalue weighted by Gasteiger charge is 2.17. The third-order valence-corrected chi connectivity index (χ3v) is 4.11. The first-order valence-electron chi connectivity index (χ1n) is 8.80. The third kappa shape index (κ3) is 4.68. The van der Waals surface area contributed by atoms with Crippen LogP contribution in [0.15, 0.2) is 65.7 Å². The van der Waals surface area contributed by atoms with Crippen molar-refractivity contribution in [3.8, 4) is 11.8 Å². The molecule has 0 aliphatic carbocycles. The van der Waals surface area contributed by atoms with Crippen molar-refractivity contribution in [2.75, 3.05) is 5.32 Å². The number of anilines is 1. The molecule has 0 unspecified atom stereocenters. The number of aryl methyl sites for hydroxylation is 1. The zero-order chi connectivity index (χ0) is 19.9. The van der Waals surface area contributed by atoms with Crippen molar-refractivity contribution < 1.29 is 14.1 Å². The Morgan fingerprint density at radius 2 is 1.89 bits per heavy atom. The molecular weight excluding hydrogens is 352 g/mol. The van der Waals surface area contributed by atoms with Crippen molar-refractivity contribution >= 4 is 17.9 Å². The molecule has 2 aromatic carbocycles. The summed E-state index contributed by atoms with van der Waals surface area (Å²) in [5.41, 5.74) is 3.66. The van der Waals surface area contributed by atoms with Gasteiger partial charge < -0.3 is 9.26 Å². The van der Waals surface area contributed by atoms with Gasteiger partial charge in [-0.1, -0.05) is 66.2 Å². The second-order valence-corrected chi connectivity index (χ2v) is 6.13. The summed E-state index contributed by atoms with van der Waals surface area (Å²) in [5.74, 6) is 6.17. The SMILES string of the molecule is C=Cc1ccc(C#Cc2onc(C)c2NC(=O)O[C@H](C)c2ccccc2)cc1. The van der Waals surface area contributed by atoms with Gasteiger partial charge in [-0.2, -0.15) is 0 Å². The van der Waals surface area contributed by atoms with Gasteiger partial charge in [-0.25, -0.2) is 4.79 Å². The second kappa shape index (κ2) is 8.74. The number of hydrogen-bond donors (Lipinski definition) is 1. The lowest BCUT2D eigenvalue weighted by atomic mass is 10.1. The Bertz CT molecular complexity index is 1030. The second-order valence-electron chi connectivity index (χ2n) is 6.13. The molecule has 0 radical (unpaired) electrons. The fourth-order valence-electron chi connectivity index (χ4n) is 2.52. The highest BCUT2D eigenvalue weighted by atomic mass is 16.6. The van der Waals surface area contributed by atoms with Gasteiger partial charge in [0.25, 0.3) is 0 Å². The molecule has 0 saturated carbocycles. The maximum Gasteiger partial charge on any atom is 0.412 e. The maximum atomic E-state index is 12.3. The van der Waals surface area contributed by atoms with Crippen molar-refractivity contribution in [2.45, 2.75) is 20.0 Å². The van der Waals surface area contributed by atoms with Crippen LogP contribution in [-0.4, -0.2) is 11.2 Å². The van der Waals surface area contributed by atoms with E-state index in [1.807, 2.05) is 61.5 Å². The third-order valence-electron chi connectivity index (χ3n) is 4.11. The van der Waals surface area contributed by atoms with Crippen LogP contribution in [-0.2, 0) is 4.74 Å². The van der Waals surface area contributed by atoms with Crippen LogP contribution in [0.3, 0.4) is 0 Å². The lowest BCUT2D eigenvalue weighted by Gasteiger charge is -2.13. The number of nitrogens with one attached hydrogen (secondary N) is 1. The minimum atomic E-state index is -0.596. The number of nitrogens with zero attached hydrogens (tertiary/aromatic N) is 1. The monoisotopic (exact) mass is 372 g/mol. The molecule has 0 bridgehead atoms. The Hall–Kier alpha value is -3.78. The van der Waals surface area contributed by atoms with Crippen LogP contribution < -0.4 is 5.32 Å². The summed E-state index contributed by atoms with van der Waals surface area (Å²) >= 11 is 0. The molecule has 5 nitrogen and oxygen atoms in total. The van der Waals surface area contributed by atoms with Crippen LogP contribution in [0.4, 0.5) is 10.5 Å². The van der Waals surface area contributed by atoms with Gasteiger partial charge in [-0.15, -0.1) is 0 Å². The first-order valence-corrected chi connectivity index (χ1v) is 8.80. The number of ether oxygens (including phenoxy) is 1. The van der Waals surface area contributed by atoms with E-state index in [1.165, 1.54) is 0 Å². The van der Waals surface area contributed by atoms with Crippen LogP contribution >= 0.6 is 0 Å². The van der Waals surface area contributed by atoms with E-state index in [2.05, 4.69) is 28.9 Å². The molecule has 140 valence electrons. The Morgan fingerprint density at radius 1 is 1.18 bits per heavy atom. The van der Waals surface area contributed by atoms with E-state index in [4.69, 9.17) is 9.26 Å². The fourth-order valence-corrected chi connectivity index (χ4v) is 2.52. The Balaban J connectivity index is 1.71. The molecule has 3 aromatic rings. The molecule has 1 heterocycles. The highest BCUT2D eigenvalue weighted by molar-refractivity contribution is 5.87. The Kier molecular flexibility index (Phi) is 5.93. The molecule has 0 fully saturated rings. The van der Waals surface area contributed by atoms with Gasteiger partial charge in [-0.05, 0) is 43.0 Å². The summed E-state index contributed by atoms with van der Waals surface area (Å²) in [6.07, 6.45) is 0.779. The van der Waals surface area contributed by atoms with Crippen molar-refractivity contribution in [1.82, 2.24) is 5.16 Å². The maximum absolute atomic E-state index is 12.3. The van der Waals surface area contributed by atoms with Crippen LogP contribution in [0.1, 0.15) is 41.2 Å². The van der Waals surface area contributed by atoms with Crippen LogP contribution in [0, 0.1) is 18.8 Å². The van der Waals surface area contributed by atoms with Crippen molar-refractivity contribution in [3.63, 3.8) is 0 Å². The average Bonchev–Trinajstić information content (AvgIpc) is 3.06. The lowest BCUT2D eigenvalue weighted by molar-refractivity contribution is 0.121. The molecule has 1 N–H and O–H groups in total. The molecule has 1 amide bonds. The van der Waals surface area contributed by atoms with Crippen LogP contribution in [0.2, 0.25) is 0 Å². The summed E-state index contributed by atoms with van der Waals surface area (Å²) in [5, 5.41) is 6.57. The molecule has 0 saturated heterocycles. The minimum Gasteiger partial charge on any atom is -0.441 e. The summed E-state index contributed by atoms with van der Waals surface area (Å²) in [4.78, 5) is 12.3. The smallest absolute Gasteiger partial charge is 0.412 e. The highest BCUT2D eigenvalue weighted by Crippen LogP contribution is 2.22. The van der Waals surface area contributed by atoms with Gasteiger partial charge in [0.15, 0.2) is 0 Å². The molecule has 28 heavy (non-hydrogen) atoms. The Labute approximate surface area is 164 Å². The van der Waals surface area contributed by atoms with E-state index in [9.17, 15) is 4.79 Å². The number of hydrogen-bond acceptors (Lipinski definition) is 4. The molecule has 0 aliphatic rings. The molecule has 3 rings (SSSR count). The van der Waals surface area contributed by atoms with Gasteiger partial charge >= 0.3 is 6.09 Å². The van der Waals surface area contributed by atoms with E-state index >= 15 is 0 Å². The number of rotatable bonds is 4. The standard InChI is InChI=1S/C23H20N2O3/c1-4-18-10-12-19(13-11-18)14-15-21-22(16(2)25-28-21)24-23(26)27-17(3)20-8-6-5-7-9-20/h4-13,17H,1H2,2-3H3,(H,24,26)/t17-/m1/s1. The Morgan fingerprint density at radius 3 is 2.57 bits per heavy atom. The van der Waals surface area contributed by atoms with Crippen molar-refractivity contribution in [1.29, 1.82) is 0 Å². The molecule has 0 aliphatic heterocycles. The largest absolute Gasteiger partial charge is 0.441 e. The summed E-state index contributed by atoms with van der Waals surface area (Å²) in [6.45, 7) is 7.26. The molecule has 1 aromatic heterocycles. The molecule has 0 spiro atoms. The molecular formula is C23H20N2O3.